The smallest absolute Gasteiger partial charge is 0.198 e. The normalized spacial score (nSPS) is 12.8. The van der Waals surface area contributed by atoms with E-state index >= 15 is 0 Å². The summed E-state index contributed by atoms with van der Waals surface area (Å²) >= 11 is 0. The van der Waals surface area contributed by atoms with Gasteiger partial charge in [0.15, 0.2) is 15.8 Å². The van der Waals surface area contributed by atoms with Gasteiger partial charge in [-0.15, -0.1) is 0 Å². The fourth-order valence-electron chi connectivity index (χ4n) is 2.96. The van der Waals surface area contributed by atoms with Crippen molar-refractivity contribution in [1.82, 2.24) is 9.97 Å². The van der Waals surface area contributed by atoms with Gasteiger partial charge in [-0.05, 0) is 49.1 Å². The Morgan fingerprint density at radius 1 is 1.19 bits per heavy atom. The van der Waals surface area contributed by atoms with Crippen molar-refractivity contribution in [3.8, 4) is 0 Å². The molecule has 3 rings (SSSR count). The van der Waals surface area contributed by atoms with E-state index < -0.39 is 15.1 Å². The molecule has 26 heavy (non-hydrogen) atoms. The highest BCUT2D eigenvalue weighted by Crippen LogP contribution is 2.32. The van der Waals surface area contributed by atoms with Gasteiger partial charge in [0.25, 0.3) is 0 Å². The molecule has 0 bridgehead atoms. The molecule has 0 unspecified atom stereocenters. The SMILES string of the molecule is CC/C=C(\c1ccccc1)c1cc(S(=O)(=O)C(C)C)c2nc(N)[nH]c2c1. The fraction of sp³-hybridized carbons (Fsp3) is 0.250. The zero-order valence-electron chi connectivity index (χ0n) is 15.2. The molecule has 0 aliphatic carbocycles. The molecule has 0 saturated heterocycles. The summed E-state index contributed by atoms with van der Waals surface area (Å²) in [6.45, 7) is 5.40. The molecule has 1 heterocycles. The summed E-state index contributed by atoms with van der Waals surface area (Å²) in [6.07, 6.45) is 2.93. The molecule has 0 amide bonds. The molecule has 0 radical (unpaired) electrons. The number of nitrogens with two attached hydrogens (primary N) is 1. The highest BCUT2D eigenvalue weighted by Gasteiger charge is 2.25. The Bertz CT molecular complexity index is 1070. The van der Waals surface area contributed by atoms with E-state index in [1.807, 2.05) is 36.4 Å². The minimum Gasteiger partial charge on any atom is -0.369 e. The summed E-state index contributed by atoms with van der Waals surface area (Å²) in [4.78, 5) is 7.39. The van der Waals surface area contributed by atoms with Gasteiger partial charge in [-0.25, -0.2) is 13.4 Å². The van der Waals surface area contributed by atoms with E-state index in [9.17, 15) is 8.42 Å². The van der Waals surface area contributed by atoms with Crippen LogP contribution in [0.1, 0.15) is 38.3 Å². The maximum atomic E-state index is 12.9. The Labute approximate surface area is 153 Å². The standard InChI is InChI=1S/C20H23N3O2S/c1-4-8-16(14-9-6-5-7-10-14)15-11-17-19(23-20(21)22-17)18(12-15)26(24,25)13(2)3/h5-13H,4H2,1-3H3,(H3,21,22,23)/b16-8+. The van der Waals surface area contributed by atoms with Gasteiger partial charge in [0.05, 0.1) is 15.7 Å². The molecule has 1 aromatic heterocycles. The number of sulfone groups is 1. The Hall–Kier alpha value is -2.60. The molecule has 3 N–H and O–H groups in total. The third-order valence-corrected chi connectivity index (χ3v) is 6.47. The van der Waals surface area contributed by atoms with E-state index in [1.165, 1.54) is 0 Å². The van der Waals surface area contributed by atoms with Gasteiger partial charge in [0, 0.05) is 0 Å². The quantitative estimate of drug-likeness (QED) is 0.706. The second-order valence-electron chi connectivity index (χ2n) is 6.48. The van der Waals surface area contributed by atoms with Crippen LogP contribution in [0, 0.1) is 0 Å². The summed E-state index contributed by atoms with van der Waals surface area (Å²) in [5.74, 6) is 0.207. The van der Waals surface area contributed by atoms with Crippen LogP contribution in [0.15, 0.2) is 53.4 Å². The first-order chi connectivity index (χ1) is 12.3. The van der Waals surface area contributed by atoms with Crippen LogP contribution >= 0.6 is 0 Å². The first kappa shape index (κ1) is 18.2. The van der Waals surface area contributed by atoms with E-state index in [0.717, 1.165) is 23.1 Å². The number of H-pyrrole nitrogens is 1. The number of nitrogens with one attached hydrogen (secondary N) is 1. The minimum atomic E-state index is -3.51. The molecule has 0 fully saturated rings. The molecule has 0 atom stereocenters. The van der Waals surface area contributed by atoms with Crippen molar-refractivity contribution in [2.24, 2.45) is 0 Å². The van der Waals surface area contributed by atoms with Crippen molar-refractivity contribution in [2.75, 3.05) is 5.73 Å². The first-order valence-corrected chi connectivity index (χ1v) is 10.2. The average Bonchev–Trinajstić information content (AvgIpc) is 2.99. The van der Waals surface area contributed by atoms with Crippen molar-refractivity contribution in [1.29, 1.82) is 0 Å². The Kier molecular flexibility index (Phi) is 4.87. The Morgan fingerprint density at radius 3 is 2.50 bits per heavy atom. The number of hydrogen-bond acceptors (Lipinski definition) is 4. The average molecular weight is 369 g/mol. The highest BCUT2D eigenvalue weighted by atomic mass is 32.2. The molecule has 2 aromatic carbocycles. The first-order valence-electron chi connectivity index (χ1n) is 8.63. The molecule has 0 spiro atoms. The zero-order chi connectivity index (χ0) is 18.9. The number of nitrogen functional groups attached to an aromatic ring is 1. The van der Waals surface area contributed by atoms with Crippen molar-refractivity contribution >= 4 is 32.4 Å². The van der Waals surface area contributed by atoms with Crippen LogP contribution in [-0.2, 0) is 9.84 Å². The largest absolute Gasteiger partial charge is 0.369 e. The van der Waals surface area contributed by atoms with Crippen molar-refractivity contribution in [2.45, 2.75) is 37.3 Å². The van der Waals surface area contributed by atoms with Crippen LogP contribution < -0.4 is 5.73 Å². The maximum Gasteiger partial charge on any atom is 0.198 e. The topological polar surface area (TPSA) is 88.8 Å². The number of nitrogens with zero attached hydrogens (tertiary/aromatic N) is 1. The number of anilines is 1. The lowest BCUT2D eigenvalue weighted by atomic mass is 9.96. The van der Waals surface area contributed by atoms with Crippen LogP contribution in [-0.4, -0.2) is 23.6 Å². The number of benzene rings is 2. The summed E-state index contributed by atoms with van der Waals surface area (Å²) in [7, 11) is -3.51. The zero-order valence-corrected chi connectivity index (χ0v) is 16.0. The molecule has 0 aliphatic rings. The van der Waals surface area contributed by atoms with Crippen molar-refractivity contribution in [3.05, 3.63) is 59.7 Å². The van der Waals surface area contributed by atoms with Gasteiger partial charge in [-0.1, -0.05) is 43.3 Å². The van der Waals surface area contributed by atoms with Gasteiger partial charge in [0.2, 0.25) is 0 Å². The fourth-order valence-corrected chi connectivity index (χ4v) is 4.18. The molecule has 136 valence electrons. The molecule has 5 nitrogen and oxygen atoms in total. The van der Waals surface area contributed by atoms with Crippen LogP contribution in [0.3, 0.4) is 0 Å². The van der Waals surface area contributed by atoms with E-state index in [-0.39, 0.29) is 10.8 Å². The third-order valence-electron chi connectivity index (χ3n) is 4.30. The second-order valence-corrected chi connectivity index (χ2v) is 8.95. The number of aromatic nitrogens is 2. The van der Waals surface area contributed by atoms with Gasteiger partial charge in [-0.3, -0.25) is 0 Å². The predicted molar refractivity (Wildman–Crippen MR) is 107 cm³/mol. The molecule has 0 saturated carbocycles. The molecular formula is C20H23N3O2S. The minimum absolute atomic E-state index is 0.207. The van der Waals surface area contributed by atoms with Crippen molar-refractivity contribution in [3.63, 3.8) is 0 Å². The van der Waals surface area contributed by atoms with E-state index in [2.05, 4.69) is 23.0 Å². The van der Waals surface area contributed by atoms with Gasteiger partial charge < -0.3 is 10.7 Å². The van der Waals surface area contributed by atoms with Gasteiger partial charge in [-0.2, -0.15) is 0 Å². The van der Waals surface area contributed by atoms with Gasteiger partial charge >= 0.3 is 0 Å². The van der Waals surface area contributed by atoms with Crippen LogP contribution in [0.2, 0.25) is 0 Å². The van der Waals surface area contributed by atoms with E-state index in [4.69, 9.17) is 5.73 Å². The van der Waals surface area contributed by atoms with Crippen LogP contribution in [0.25, 0.3) is 16.6 Å². The summed E-state index contributed by atoms with van der Waals surface area (Å²) in [5, 5.41) is -0.547. The van der Waals surface area contributed by atoms with Gasteiger partial charge in [0.1, 0.15) is 5.52 Å². The summed E-state index contributed by atoms with van der Waals surface area (Å²) < 4.78 is 25.8. The molecular weight excluding hydrogens is 346 g/mol. The lowest BCUT2D eigenvalue weighted by Gasteiger charge is -2.13. The monoisotopic (exact) mass is 369 g/mol. The predicted octanol–water partition coefficient (Wildman–Crippen LogP) is 4.17. The number of allylic oxidation sites excluding steroid dienone is 1. The maximum absolute atomic E-state index is 12.9. The number of imidazole rings is 1. The van der Waals surface area contributed by atoms with Crippen LogP contribution in [0.4, 0.5) is 5.95 Å². The second kappa shape index (κ2) is 6.96. The Balaban J connectivity index is 2.32. The number of hydrogen-bond donors (Lipinski definition) is 2. The molecule has 0 aliphatic heterocycles. The summed E-state index contributed by atoms with van der Waals surface area (Å²) in [6, 6.07) is 13.6. The summed E-state index contributed by atoms with van der Waals surface area (Å²) in [5.41, 5.74) is 9.67. The number of aromatic amines is 1. The number of rotatable bonds is 5. The van der Waals surface area contributed by atoms with E-state index in [0.29, 0.717) is 11.0 Å². The molecule has 6 heteroatoms. The lowest BCUT2D eigenvalue weighted by molar-refractivity contribution is 0.588. The lowest BCUT2D eigenvalue weighted by Crippen LogP contribution is -2.15. The van der Waals surface area contributed by atoms with E-state index in [1.54, 1.807) is 19.9 Å². The highest BCUT2D eigenvalue weighted by molar-refractivity contribution is 7.92. The van der Waals surface area contributed by atoms with Crippen molar-refractivity contribution < 1.29 is 8.42 Å². The van der Waals surface area contributed by atoms with Crippen LogP contribution in [0.5, 0.6) is 0 Å². The molecule has 3 aromatic rings. The third kappa shape index (κ3) is 3.24. The Morgan fingerprint density at radius 2 is 1.88 bits per heavy atom. The number of fused-ring (bicyclic) bond motifs is 1.